The molecule has 0 aliphatic carbocycles. The molecule has 2 aromatic carbocycles. The summed E-state index contributed by atoms with van der Waals surface area (Å²) in [4.78, 5) is 0. The third-order valence-electron chi connectivity index (χ3n) is 3.60. The molecule has 0 aliphatic rings. The number of hydrogen-bond acceptors (Lipinski definition) is 6. The van der Waals surface area contributed by atoms with E-state index in [1.54, 1.807) is 30.3 Å². The van der Waals surface area contributed by atoms with Gasteiger partial charge in [0.1, 0.15) is 22.1 Å². The highest BCUT2D eigenvalue weighted by molar-refractivity contribution is 7.11. The summed E-state index contributed by atoms with van der Waals surface area (Å²) in [5.74, 6) is -0.435. The summed E-state index contributed by atoms with van der Waals surface area (Å²) < 4.78 is 23.9. The van der Waals surface area contributed by atoms with Crippen LogP contribution in [0.25, 0.3) is 0 Å². The van der Waals surface area contributed by atoms with E-state index in [2.05, 4.69) is 15.0 Å². The molecule has 0 amide bonds. The summed E-state index contributed by atoms with van der Waals surface area (Å²) in [5.41, 5.74) is 0.654. The molecule has 146 valence electrons. The first kappa shape index (κ1) is 19.9. The third-order valence-corrected chi connectivity index (χ3v) is 4.67. The quantitative estimate of drug-likeness (QED) is 0.312. The molecule has 0 unspecified atom stereocenters. The van der Waals surface area contributed by atoms with Crippen LogP contribution in [-0.2, 0) is 0 Å². The predicted octanol–water partition coefficient (Wildman–Crippen LogP) is 5.50. The second kappa shape index (κ2) is 8.45. The van der Waals surface area contributed by atoms with Gasteiger partial charge in [-0.05, 0) is 49.6 Å². The SMILES string of the molecule is CC(C)NC(=N)c1c(O)nsc1Nc1ccc(Oc2ccccc2Cl)c(F)c1. The van der Waals surface area contributed by atoms with Crippen molar-refractivity contribution in [1.82, 2.24) is 9.69 Å². The summed E-state index contributed by atoms with van der Waals surface area (Å²) in [6.45, 7) is 3.76. The lowest BCUT2D eigenvalue weighted by atomic mass is 10.2. The van der Waals surface area contributed by atoms with Crippen LogP contribution >= 0.6 is 23.1 Å². The van der Waals surface area contributed by atoms with Crippen molar-refractivity contribution in [2.24, 2.45) is 0 Å². The standard InChI is InChI=1S/C19H18ClFN4O2S/c1-10(2)23-17(22)16-18(26)25-28-19(16)24-11-7-8-15(13(21)9-11)27-14-6-4-3-5-12(14)20/h3-10,24H,1-2H3,(H2,22,23)(H,25,26). The summed E-state index contributed by atoms with van der Waals surface area (Å²) in [7, 11) is 0. The Kier molecular flexibility index (Phi) is 6.01. The average Bonchev–Trinajstić information content (AvgIpc) is 2.99. The van der Waals surface area contributed by atoms with Gasteiger partial charge in [-0.2, -0.15) is 4.37 Å². The first-order valence-electron chi connectivity index (χ1n) is 8.38. The fourth-order valence-electron chi connectivity index (χ4n) is 2.39. The van der Waals surface area contributed by atoms with E-state index >= 15 is 0 Å². The highest BCUT2D eigenvalue weighted by Crippen LogP contribution is 2.35. The molecule has 1 heterocycles. The van der Waals surface area contributed by atoms with Crippen LogP contribution in [0.1, 0.15) is 19.4 Å². The van der Waals surface area contributed by atoms with E-state index in [0.29, 0.717) is 21.5 Å². The Balaban J connectivity index is 1.80. The number of para-hydroxylation sites is 1. The number of anilines is 2. The van der Waals surface area contributed by atoms with Crippen LogP contribution in [0.4, 0.5) is 15.1 Å². The minimum absolute atomic E-state index is 0.0123. The number of halogens is 2. The van der Waals surface area contributed by atoms with Gasteiger partial charge in [0.05, 0.1) is 5.02 Å². The maximum Gasteiger partial charge on any atom is 0.236 e. The fourth-order valence-corrected chi connectivity index (χ4v) is 3.28. The highest BCUT2D eigenvalue weighted by Gasteiger charge is 2.19. The van der Waals surface area contributed by atoms with Gasteiger partial charge in [0.2, 0.25) is 5.88 Å². The summed E-state index contributed by atoms with van der Waals surface area (Å²) >= 11 is 7.01. The molecule has 0 aliphatic heterocycles. The Morgan fingerprint density at radius 1 is 1.25 bits per heavy atom. The van der Waals surface area contributed by atoms with Crippen LogP contribution in [0.2, 0.25) is 5.02 Å². The number of rotatable bonds is 6. The number of aromatic nitrogens is 1. The van der Waals surface area contributed by atoms with Crippen molar-refractivity contribution in [3.8, 4) is 17.4 Å². The molecular weight excluding hydrogens is 403 g/mol. The van der Waals surface area contributed by atoms with Crippen molar-refractivity contribution < 1.29 is 14.2 Å². The maximum absolute atomic E-state index is 14.5. The Morgan fingerprint density at radius 3 is 2.68 bits per heavy atom. The molecule has 0 bridgehead atoms. The van der Waals surface area contributed by atoms with Crippen LogP contribution in [0.5, 0.6) is 17.4 Å². The first-order valence-corrected chi connectivity index (χ1v) is 9.53. The van der Waals surface area contributed by atoms with Gasteiger partial charge < -0.3 is 20.5 Å². The lowest BCUT2D eigenvalue weighted by Gasteiger charge is -2.13. The van der Waals surface area contributed by atoms with Crippen molar-refractivity contribution in [2.75, 3.05) is 5.32 Å². The van der Waals surface area contributed by atoms with Crippen molar-refractivity contribution >= 4 is 39.7 Å². The van der Waals surface area contributed by atoms with Crippen molar-refractivity contribution in [3.63, 3.8) is 0 Å². The third kappa shape index (κ3) is 4.52. The number of hydrogen-bond donors (Lipinski definition) is 4. The first-order chi connectivity index (χ1) is 13.3. The van der Waals surface area contributed by atoms with Gasteiger partial charge in [0.25, 0.3) is 0 Å². The summed E-state index contributed by atoms with van der Waals surface area (Å²) in [5, 5.41) is 24.7. The molecule has 0 fully saturated rings. The van der Waals surface area contributed by atoms with Gasteiger partial charge in [-0.25, -0.2) is 4.39 Å². The van der Waals surface area contributed by atoms with Crippen LogP contribution in [0, 0.1) is 11.2 Å². The molecule has 9 heteroatoms. The van der Waals surface area contributed by atoms with Crippen LogP contribution in [0.15, 0.2) is 42.5 Å². The van der Waals surface area contributed by atoms with Crippen molar-refractivity contribution in [2.45, 2.75) is 19.9 Å². The lowest BCUT2D eigenvalue weighted by molar-refractivity contribution is 0.443. The molecule has 3 aromatic rings. The van der Waals surface area contributed by atoms with Gasteiger partial charge in [-0.1, -0.05) is 23.7 Å². The average molecular weight is 421 g/mol. The van der Waals surface area contributed by atoms with Gasteiger partial charge in [0.15, 0.2) is 11.6 Å². The zero-order chi connectivity index (χ0) is 20.3. The number of aromatic hydroxyl groups is 1. The zero-order valence-corrected chi connectivity index (χ0v) is 16.7. The van der Waals surface area contributed by atoms with E-state index in [-0.39, 0.29) is 29.1 Å². The van der Waals surface area contributed by atoms with E-state index in [0.717, 1.165) is 11.5 Å². The molecule has 6 nitrogen and oxygen atoms in total. The Labute approximate surface area is 170 Å². The molecule has 0 saturated heterocycles. The monoisotopic (exact) mass is 420 g/mol. The van der Waals surface area contributed by atoms with E-state index < -0.39 is 5.82 Å². The van der Waals surface area contributed by atoms with E-state index in [4.69, 9.17) is 21.7 Å². The zero-order valence-electron chi connectivity index (χ0n) is 15.1. The lowest BCUT2D eigenvalue weighted by Crippen LogP contribution is -2.30. The number of nitrogens with zero attached hydrogens (tertiary/aromatic N) is 1. The minimum Gasteiger partial charge on any atom is -0.492 e. The van der Waals surface area contributed by atoms with Gasteiger partial charge in [-0.3, -0.25) is 5.41 Å². The topological polar surface area (TPSA) is 90.3 Å². The minimum atomic E-state index is -0.587. The second-order valence-corrected chi connectivity index (χ2v) is 7.37. The molecule has 28 heavy (non-hydrogen) atoms. The summed E-state index contributed by atoms with van der Waals surface area (Å²) in [6, 6.07) is 11.2. The van der Waals surface area contributed by atoms with E-state index in [9.17, 15) is 9.50 Å². The second-order valence-electron chi connectivity index (χ2n) is 6.19. The molecule has 0 atom stereocenters. The molecule has 0 spiro atoms. The molecule has 1 aromatic heterocycles. The highest BCUT2D eigenvalue weighted by atomic mass is 35.5. The number of amidine groups is 1. The van der Waals surface area contributed by atoms with Gasteiger partial charge >= 0.3 is 0 Å². The molecular formula is C19H18ClFN4O2S. The molecule has 4 N–H and O–H groups in total. The van der Waals surface area contributed by atoms with Crippen LogP contribution in [-0.4, -0.2) is 21.4 Å². The summed E-state index contributed by atoms with van der Waals surface area (Å²) in [6.07, 6.45) is 0. The maximum atomic E-state index is 14.5. The van der Waals surface area contributed by atoms with Crippen LogP contribution < -0.4 is 15.4 Å². The van der Waals surface area contributed by atoms with Gasteiger partial charge in [0, 0.05) is 17.8 Å². The van der Waals surface area contributed by atoms with E-state index in [1.807, 2.05) is 13.8 Å². The Morgan fingerprint density at radius 2 is 2.00 bits per heavy atom. The van der Waals surface area contributed by atoms with Crippen molar-refractivity contribution in [3.05, 3.63) is 58.9 Å². The smallest absolute Gasteiger partial charge is 0.236 e. The Hall–Kier alpha value is -2.84. The molecule has 0 radical (unpaired) electrons. The van der Waals surface area contributed by atoms with Gasteiger partial charge in [-0.15, -0.1) is 0 Å². The predicted molar refractivity (Wildman–Crippen MR) is 110 cm³/mol. The number of benzene rings is 2. The van der Waals surface area contributed by atoms with Crippen molar-refractivity contribution in [1.29, 1.82) is 5.41 Å². The van der Waals surface area contributed by atoms with E-state index in [1.165, 1.54) is 12.1 Å². The van der Waals surface area contributed by atoms with Crippen LogP contribution in [0.3, 0.4) is 0 Å². The largest absolute Gasteiger partial charge is 0.492 e. The number of nitrogens with one attached hydrogen (secondary N) is 3. The fraction of sp³-hybridized carbons (Fsp3) is 0.158. The Bertz CT molecular complexity index is 1010. The normalized spacial score (nSPS) is 10.8. The molecule has 0 saturated carbocycles. The number of ether oxygens (including phenoxy) is 1. The molecule has 3 rings (SSSR count).